The molecule has 4 aliphatic heterocycles. The van der Waals surface area contributed by atoms with Crippen molar-refractivity contribution in [2.75, 3.05) is 102 Å². The summed E-state index contributed by atoms with van der Waals surface area (Å²) in [7, 11) is 1.80. The van der Waals surface area contributed by atoms with Gasteiger partial charge >= 0.3 is 12.1 Å². The van der Waals surface area contributed by atoms with E-state index in [-0.39, 0.29) is 29.7 Å². The van der Waals surface area contributed by atoms with Gasteiger partial charge < -0.3 is 50.3 Å². The largest absolute Gasteiger partial charge is 0.373 e. The van der Waals surface area contributed by atoms with Crippen LogP contribution in [0.5, 0.6) is 0 Å². The molecule has 0 saturated carbocycles. The highest BCUT2D eigenvalue weighted by atomic mass is 16.5. The number of methoxy groups -OCH3 is 1. The maximum absolute atomic E-state index is 13.6. The van der Waals surface area contributed by atoms with Crippen molar-refractivity contribution in [3.05, 3.63) is 96.8 Å². The van der Waals surface area contributed by atoms with Gasteiger partial charge in [0, 0.05) is 144 Å². The lowest BCUT2D eigenvalue weighted by Gasteiger charge is -2.38. The maximum Gasteiger partial charge on any atom is 0.317 e. The van der Waals surface area contributed by atoms with Crippen LogP contribution in [-0.2, 0) is 20.7 Å². The van der Waals surface area contributed by atoms with Crippen molar-refractivity contribution in [2.24, 2.45) is 0 Å². The van der Waals surface area contributed by atoms with E-state index in [4.69, 9.17) is 19.4 Å². The molecule has 4 amide bonds. The topological polar surface area (TPSA) is 174 Å². The van der Waals surface area contributed by atoms with E-state index in [2.05, 4.69) is 96.7 Å². The van der Waals surface area contributed by atoms with E-state index >= 15 is 0 Å². The molecule has 6 aromatic rings. The number of piperazine rings is 2. The number of hydrogen-bond acceptors (Lipinski definition) is 12. The van der Waals surface area contributed by atoms with Gasteiger partial charge in [0.15, 0.2) is 0 Å². The Bertz CT molecular complexity index is 2730. The number of nitrogens with zero attached hydrogens (tertiary/aromatic N) is 10. The number of carbonyl (C=O) groups is 2. The molecule has 18 heteroatoms. The number of hydrogen-bond donors (Lipinski definition) is 4. The summed E-state index contributed by atoms with van der Waals surface area (Å²) in [6.07, 6.45) is 16.1. The van der Waals surface area contributed by atoms with Crippen LogP contribution in [0, 0.1) is 0 Å². The van der Waals surface area contributed by atoms with Crippen molar-refractivity contribution in [1.29, 1.82) is 0 Å². The van der Waals surface area contributed by atoms with E-state index < -0.39 is 5.60 Å². The predicted octanol–water partition coefficient (Wildman–Crippen LogP) is 5.48. The minimum Gasteiger partial charge on any atom is -0.373 e. The van der Waals surface area contributed by atoms with Crippen LogP contribution in [0.4, 0.5) is 21.0 Å². The number of fused-ring (bicyclic) bond motifs is 2. The average molecular weight is 953 g/mol. The molecule has 0 spiro atoms. The summed E-state index contributed by atoms with van der Waals surface area (Å²) in [4.78, 5) is 44.5. The molecule has 4 saturated heterocycles. The summed E-state index contributed by atoms with van der Waals surface area (Å²) >= 11 is 0. The Hall–Kier alpha value is -6.34. The molecule has 70 heavy (non-hydrogen) atoms. The van der Waals surface area contributed by atoms with E-state index in [1.54, 1.807) is 7.11 Å². The summed E-state index contributed by atoms with van der Waals surface area (Å²) in [6, 6.07) is 16.9. The highest BCUT2D eigenvalue weighted by Crippen LogP contribution is 2.37. The SMILES string of the molecule is COC1(c2ccc(-c3cc4c(N5CCN(C(=O)NC(C)CCO[C@]6(c7ccc(-c8cc9c(N%10CCN(C(=O)NC(C)C)CC%10)ccnn9c8)nc7)CCCNC6)CC5)ccnn4c3)nc2)CCNCC1. The summed E-state index contributed by atoms with van der Waals surface area (Å²) in [5, 5.41) is 22.5. The zero-order chi connectivity index (χ0) is 48.2. The van der Waals surface area contributed by atoms with Gasteiger partial charge in [-0.25, -0.2) is 18.6 Å². The number of ether oxygens (including phenoxy) is 2. The Balaban J connectivity index is 0.719. The first-order valence-corrected chi connectivity index (χ1v) is 25.2. The van der Waals surface area contributed by atoms with Crippen molar-refractivity contribution < 1.29 is 19.1 Å². The average Bonchev–Trinajstić information content (AvgIpc) is 4.05. The molecule has 0 bridgehead atoms. The molecule has 4 aliphatic rings. The van der Waals surface area contributed by atoms with Gasteiger partial charge in [0.25, 0.3) is 0 Å². The Kier molecular flexibility index (Phi) is 13.9. The number of nitrogens with one attached hydrogen (secondary N) is 4. The monoisotopic (exact) mass is 953 g/mol. The minimum atomic E-state index is -0.515. The highest BCUT2D eigenvalue weighted by molar-refractivity contribution is 5.81. The molecule has 6 aromatic heterocycles. The van der Waals surface area contributed by atoms with Gasteiger partial charge in [-0.3, -0.25) is 9.97 Å². The van der Waals surface area contributed by atoms with Crippen molar-refractivity contribution in [3.63, 3.8) is 0 Å². The smallest absolute Gasteiger partial charge is 0.317 e. The van der Waals surface area contributed by atoms with Crippen LogP contribution in [0.2, 0.25) is 0 Å². The summed E-state index contributed by atoms with van der Waals surface area (Å²) in [6.45, 7) is 15.5. The molecule has 2 atom stereocenters. The lowest BCUT2D eigenvalue weighted by Crippen LogP contribution is -2.53. The fourth-order valence-electron chi connectivity index (χ4n) is 10.7. The molecule has 10 heterocycles. The van der Waals surface area contributed by atoms with E-state index in [9.17, 15) is 9.59 Å². The number of anilines is 2. The Morgan fingerprint density at radius 1 is 0.671 bits per heavy atom. The number of carbonyl (C=O) groups excluding carboxylic acids is 2. The van der Waals surface area contributed by atoms with Gasteiger partial charge in [-0.1, -0.05) is 12.1 Å². The van der Waals surface area contributed by atoms with Crippen LogP contribution < -0.4 is 31.1 Å². The molecular formula is C52H68N14O4. The number of rotatable bonds is 13. The fraction of sp³-hybridized carbons (Fsp3) is 0.500. The van der Waals surface area contributed by atoms with Crippen LogP contribution in [0.3, 0.4) is 0 Å². The molecule has 370 valence electrons. The third-order valence-electron chi connectivity index (χ3n) is 14.8. The van der Waals surface area contributed by atoms with E-state index in [1.807, 2.05) is 69.9 Å². The molecule has 10 rings (SSSR count). The predicted molar refractivity (Wildman–Crippen MR) is 271 cm³/mol. The number of piperidine rings is 2. The van der Waals surface area contributed by atoms with Gasteiger partial charge in [-0.15, -0.1) is 0 Å². The third kappa shape index (κ3) is 9.86. The third-order valence-corrected chi connectivity index (χ3v) is 14.8. The number of pyridine rings is 2. The van der Waals surface area contributed by atoms with Crippen LogP contribution >= 0.6 is 0 Å². The summed E-state index contributed by atoms with van der Waals surface area (Å²) < 4.78 is 16.7. The van der Waals surface area contributed by atoms with Gasteiger partial charge in [0.2, 0.25) is 0 Å². The zero-order valence-corrected chi connectivity index (χ0v) is 41.1. The second kappa shape index (κ2) is 20.6. The van der Waals surface area contributed by atoms with Gasteiger partial charge in [0.1, 0.15) is 5.60 Å². The second-order valence-electron chi connectivity index (χ2n) is 19.7. The standard InChI is InChI=1S/C52H68N14O4/c1-37(2)59-49(67)63-25-21-61(22-26-63)45-10-17-58-66-35-40(31-48(45)66)44-9-7-42(33-56-44)52(13-5-16-54-36-52)70-29-12-38(3)60-50(68)64-27-23-62(24-28-64)46-11-18-57-65-34-39(30-47(46)65)43-8-6-41(32-55-43)51(69-4)14-19-53-20-15-51/h6-11,17-18,30-35,37-38,53-54H,5,12-16,19-29,36H2,1-4H3,(H,59,67)(H,60,68)/t38?,52-/m1/s1. The number of aromatic nitrogens is 6. The molecule has 4 fully saturated rings. The molecule has 4 N–H and O–H groups in total. The maximum atomic E-state index is 13.6. The van der Waals surface area contributed by atoms with Crippen molar-refractivity contribution in [2.45, 2.75) is 76.2 Å². The lowest BCUT2D eigenvalue weighted by atomic mass is 9.85. The number of amides is 4. The zero-order valence-electron chi connectivity index (χ0n) is 41.1. The van der Waals surface area contributed by atoms with Crippen molar-refractivity contribution in [1.82, 2.24) is 60.3 Å². The van der Waals surface area contributed by atoms with Crippen molar-refractivity contribution >= 4 is 34.5 Å². The van der Waals surface area contributed by atoms with Crippen molar-refractivity contribution in [3.8, 4) is 22.5 Å². The van der Waals surface area contributed by atoms with Crippen LogP contribution in [-0.4, -0.2) is 155 Å². The molecule has 0 aromatic carbocycles. The number of urea groups is 2. The van der Waals surface area contributed by atoms with E-state index in [0.717, 1.165) is 114 Å². The second-order valence-corrected chi connectivity index (χ2v) is 19.7. The van der Waals surface area contributed by atoms with E-state index in [1.165, 1.54) is 0 Å². The van der Waals surface area contributed by atoms with E-state index in [0.29, 0.717) is 58.8 Å². The molecule has 0 radical (unpaired) electrons. The van der Waals surface area contributed by atoms with Gasteiger partial charge in [-0.2, -0.15) is 10.2 Å². The highest BCUT2D eigenvalue weighted by Gasteiger charge is 2.37. The fourth-order valence-corrected chi connectivity index (χ4v) is 10.7. The molecular weight excluding hydrogens is 885 g/mol. The minimum absolute atomic E-state index is 0.00758. The first kappa shape index (κ1) is 47.3. The molecule has 0 aliphatic carbocycles. The van der Waals surface area contributed by atoms with Crippen LogP contribution in [0.15, 0.2) is 85.7 Å². The Labute approximate surface area is 410 Å². The first-order valence-electron chi connectivity index (χ1n) is 25.2. The quantitative estimate of drug-likeness (QED) is 0.115. The summed E-state index contributed by atoms with van der Waals surface area (Å²) in [5.41, 5.74) is 9.29. The van der Waals surface area contributed by atoms with Crippen LogP contribution in [0.25, 0.3) is 33.5 Å². The molecule has 1 unspecified atom stereocenters. The van der Waals surface area contributed by atoms with Crippen LogP contribution in [0.1, 0.15) is 64.0 Å². The van der Waals surface area contributed by atoms with Gasteiger partial charge in [0.05, 0.1) is 39.4 Å². The lowest BCUT2D eigenvalue weighted by molar-refractivity contribution is -0.0685. The first-order chi connectivity index (χ1) is 34.1. The Morgan fingerprint density at radius 2 is 1.21 bits per heavy atom. The normalized spacial score (nSPS) is 20.3. The summed E-state index contributed by atoms with van der Waals surface area (Å²) in [5.74, 6) is 0. The Morgan fingerprint density at radius 3 is 1.70 bits per heavy atom. The van der Waals surface area contributed by atoms with Gasteiger partial charge in [-0.05, 0) is 109 Å². The molecule has 18 nitrogen and oxygen atoms in total.